The van der Waals surface area contributed by atoms with Gasteiger partial charge in [0, 0.05) is 6.42 Å². The summed E-state index contributed by atoms with van der Waals surface area (Å²) in [4.78, 5) is 13.2. The van der Waals surface area contributed by atoms with Crippen LogP contribution >= 0.6 is 0 Å². The maximum absolute atomic E-state index is 13.2. The van der Waals surface area contributed by atoms with E-state index in [2.05, 4.69) is 129 Å². The third kappa shape index (κ3) is 34.7. The lowest BCUT2D eigenvalue weighted by molar-refractivity contribution is -0.359. The zero-order chi connectivity index (χ0) is 58.1. The number of ether oxygens (including phenoxy) is 4. The molecule has 0 bridgehead atoms. The summed E-state index contributed by atoms with van der Waals surface area (Å²) in [5, 5.41) is 87.0. The molecular weight excluding hydrogens is 1010 g/mol. The van der Waals surface area contributed by atoms with Gasteiger partial charge in [-0.3, -0.25) is 4.79 Å². The lowest BCUT2D eigenvalue weighted by Crippen LogP contribution is -2.65. The summed E-state index contributed by atoms with van der Waals surface area (Å²) in [5.41, 5.74) is 0. The molecule has 456 valence electrons. The topological polar surface area (TPSA) is 228 Å². The van der Waals surface area contributed by atoms with Crippen LogP contribution in [0.15, 0.2) is 122 Å². The lowest BCUT2D eigenvalue weighted by atomic mass is 9.97. The van der Waals surface area contributed by atoms with Gasteiger partial charge >= 0.3 is 0 Å². The second-order valence-corrected chi connectivity index (χ2v) is 21.1. The largest absolute Gasteiger partial charge is 0.394 e. The van der Waals surface area contributed by atoms with Gasteiger partial charge in [0.2, 0.25) is 5.91 Å². The van der Waals surface area contributed by atoms with Gasteiger partial charge < -0.3 is 65.1 Å². The van der Waals surface area contributed by atoms with Crippen LogP contribution in [-0.4, -0.2) is 140 Å². The molecule has 14 nitrogen and oxygen atoms in total. The number of unbranched alkanes of at least 4 members (excludes halogenated alkanes) is 16. The molecule has 0 aromatic carbocycles. The van der Waals surface area contributed by atoms with E-state index in [-0.39, 0.29) is 18.9 Å². The number of hydrogen-bond acceptors (Lipinski definition) is 13. The molecule has 0 spiro atoms. The Kier molecular flexibility index (Phi) is 45.3. The zero-order valence-corrected chi connectivity index (χ0v) is 49.0. The van der Waals surface area contributed by atoms with Crippen LogP contribution in [0.4, 0.5) is 0 Å². The molecule has 1 amide bonds. The van der Waals surface area contributed by atoms with E-state index < -0.39 is 86.8 Å². The predicted octanol–water partition coefficient (Wildman–Crippen LogP) is 11.0. The number of aliphatic hydroxyl groups is 8. The Balaban J connectivity index is 1.70. The third-order valence-electron chi connectivity index (χ3n) is 14.1. The van der Waals surface area contributed by atoms with Crippen molar-refractivity contribution in [3.8, 4) is 0 Å². The Morgan fingerprint density at radius 2 is 0.875 bits per heavy atom. The molecule has 9 N–H and O–H groups in total. The summed E-state index contributed by atoms with van der Waals surface area (Å²) in [5.74, 6) is -0.265. The standard InChI is InChI=1S/C66H109NO13/c1-3-5-7-9-11-13-15-17-18-19-20-21-22-23-24-25-26-27-28-29-30-31-32-33-34-35-36-38-40-42-44-46-48-50-58(71)67-54(55(70)49-47-45-43-41-39-37-16-14-12-10-8-6-4-2)53-77-65-63(76)61(74)64(57(52-69)79-65)80-66-62(75)60(73)59(72)56(51-68)78-66/h5,7,11,13,17-18,20-21,23-24,26-27,29-30,32-33,39,41,47,49,54-57,59-66,68-70,72-76H,3-4,6,8-10,12,14-16,19,22,25,28,31,34-38,40,42-46,48,50-53H2,1-2H3,(H,67,71)/b7-5-,13-11-,18-17-,21-20-,24-23-,27-26-,30-29-,33-32-,41-39+,49-47+. The van der Waals surface area contributed by atoms with Gasteiger partial charge in [-0.15, -0.1) is 0 Å². The zero-order valence-electron chi connectivity index (χ0n) is 49.0. The quantitative estimate of drug-likeness (QED) is 0.0204. The highest BCUT2D eigenvalue weighted by atomic mass is 16.7. The molecule has 2 fully saturated rings. The van der Waals surface area contributed by atoms with E-state index in [0.717, 1.165) is 96.3 Å². The molecular formula is C66H109NO13. The van der Waals surface area contributed by atoms with Crippen LogP contribution in [-0.2, 0) is 23.7 Å². The van der Waals surface area contributed by atoms with E-state index in [1.807, 2.05) is 6.08 Å². The van der Waals surface area contributed by atoms with Crippen molar-refractivity contribution in [2.75, 3.05) is 19.8 Å². The molecule has 0 aliphatic carbocycles. The first-order chi connectivity index (χ1) is 39.1. The number of nitrogens with one attached hydrogen (secondary N) is 1. The van der Waals surface area contributed by atoms with E-state index >= 15 is 0 Å². The van der Waals surface area contributed by atoms with Crippen LogP contribution in [0.3, 0.4) is 0 Å². The average Bonchev–Trinajstić information content (AvgIpc) is 3.49. The molecule has 2 saturated heterocycles. The summed E-state index contributed by atoms with van der Waals surface area (Å²) >= 11 is 0. The number of aliphatic hydroxyl groups excluding tert-OH is 8. The average molecular weight is 1120 g/mol. The number of carbonyl (C=O) groups excluding carboxylic acids is 1. The molecule has 2 rings (SSSR count). The minimum atomic E-state index is -1.80. The van der Waals surface area contributed by atoms with Gasteiger partial charge in [0.05, 0.1) is 32.0 Å². The van der Waals surface area contributed by atoms with Crippen LogP contribution in [0, 0.1) is 0 Å². The Bertz CT molecular complexity index is 1800. The number of carbonyl (C=O) groups is 1. The third-order valence-corrected chi connectivity index (χ3v) is 14.1. The van der Waals surface area contributed by atoms with E-state index in [1.165, 1.54) is 64.2 Å². The Morgan fingerprint density at radius 1 is 0.463 bits per heavy atom. The lowest BCUT2D eigenvalue weighted by Gasteiger charge is -2.46. The maximum atomic E-state index is 13.2. The van der Waals surface area contributed by atoms with Crippen molar-refractivity contribution in [3.63, 3.8) is 0 Å². The molecule has 12 atom stereocenters. The SMILES string of the molecule is CC/C=C\C/C=C\C/C=C\C/C=C\C/C=C\C/C=C\C/C=C\C/C=C\CCCCCCCCCCC(=O)NC(COC1OC(CO)C(OC2OC(CO)C(O)C(O)C2O)C(O)C1O)C(O)/C=C/CC/C=C/CCCCCCCCC. The summed E-state index contributed by atoms with van der Waals surface area (Å²) < 4.78 is 22.7. The molecule has 14 heteroatoms. The fourth-order valence-electron chi connectivity index (χ4n) is 9.20. The highest BCUT2D eigenvalue weighted by Gasteiger charge is 2.51. The molecule has 12 unspecified atom stereocenters. The normalized spacial score (nSPS) is 25.1. The summed E-state index contributed by atoms with van der Waals surface area (Å²) in [6, 6.07) is -0.944. The Hall–Kier alpha value is -3.61. The second kappa shape index (κ2) is 50.0. The van der Waals surface area contributed by atoms with Gasteiger partial charge in [-0.1, -0.05) is 212 Å². The van der Waals surface area contributed by atoms with Gasteiger partial charge in [0.25, 0.3) is 0 Å². The molecule has 2 aliphatic rings. The first-order valence-electron chi connectivity index (χ1n) is 30.8. The van der Waals surface area contributed by atoms with Crippen LogP contribution in [0.5, 0.6) is 0 Å². The van der Waals surface area contributed by atoms with E-state index in [1.54, 1.807) is 6.08 Å². The fourth-order valence-corrected chi connectivity index (χ4v) is 9.20. The molecule has 0 aromatic heterocycles. The highest BCUT2D eigenvalue weighted by molar-refractivity contribution is 5.76. The highest BCUT2D eigenvalue weighted by Crippen LogP contribution is 2.30. The van der Waals surface area contributed by atoms with Crippen molar-refractivity contribution in [2.45, 2.75) is 267 Å². The van der Waals surface area contributed by atoms with Crippen LogP contribution in [0.25, 0.3) is 0 Å². The second-order valence-electron chi connectivity index (χ2n) is 21.1. The predicted molar refractivity (Wildman–Crippen MR) is 322 cm³/mol. The summed E-state index contributed by atoms with van der Waals surface area (Å²) in [6.45, 7) is 2.62. The molecule has 0 aromatic rings. The number of allylic oxidation sites excluding steroid dienone is 19. The van der Waals surface area contributed by atoms with E-state index in [9.17, 15) is 45.6 Å². The summed E-state index contributed by atoms with van der Waals surface area (Å²) in [6.07, 6.45) is 55.3. The number of rotatable bonds is 47. The van der Waals surface area contributed by atoms with Crippen molar-refractivity contribution in [1.29, 1.82) is 0 Å². The van der Waals surface area contributed by atoms with Crippen molar-refractivity contribution in [3.05, 3.63) is 122 Å². The number of amides is 1. The van der Waals surface area contributed by atoms with Crippen LogP contribution in [0.2, 0.25) is 0 Å². The molecule has 0 radical (unpaired) electrons. The van der Waals surface area contributed by atoms with Crippen LogP contribution < -0.4 is 5.32 Å². The van der Waals surface area contributed by atoms with Crippen molar-refractivity contribution in [1.82, 2.24) is 5.32 Å². The minimum absolute atomic E-state index is 0.255. The smallest absolute Gasteiger partial charge is 0.220 e. The number of hydrogen-bond donors (Lipinski definition) is 9. The van der Waals surface area contributed by atoms with Gasteiger partial charge in [-0.2, -0.15) is 0 Å². The van der Waals surface area contributed by atoms with Crippen molar-refractivity contribution >= 4 is 5.91 Å². The van der Waals surface area contributed by atoms with Gasteiger partial charge in [-0.25, -0.2) is 0 Å². The van der Waals surface area contributed by atoms with Gasteiger partial charge in [0.1, 0.15) is 48.8 Å². The Morgan fingerprint density at radius 3 is 1.38 bits per heavy atom. The van der Waals surface area contributed by atoms with Crippen LogP contribution in [0.1, 0.15) is 194 Å². The molecule has 2 heterocycles. The molecule has 0 saturated carbocycles. The van der Waals surface area contributed by atoms with Gasteiger partial charge in [-0.05, 0) is 96.3 Å². The van der Waals surface area contributed by atoms with Crippen molar-refractivity contribution in [2.24, 2.45) is 0 Å². The molecule has 80 heavy (non-hydrogen) atoms. The van der Waals surface area contributed by atoms with E-state index in [4.69, 9.17) is 18.9 Å². The van der Waals surface area contributed by atoms with Crippen molar-refractivity contribution < 1.29 is 64.6 Å². The summed E-state index contributed by atoms with van der Waals surface area (Å²) in [7, 11) is 0. The Labute approximate surface area is 482 Å². The first kappa shape index (κ1) is 72.5. The molecule has 2 aliphatic heterocycles. The maximum Gasteiger partial charge on any atom is 0.220 e. The monoisotopic (exact) mass is 1120 g/mol. The van der Waals surface area contributed by atoms with Gasteiger partial charge in [0.15, 0.2) is 12.6 Å². The van der Waals surface area contributed by atoms with E-state index in [0.29, 0.717) is 12.8 Å². The fraction of sp³-hybridized carbons (Fsp3) is 0.682. The minimum Gasteiger partial charge on any atom is -0.394 e. The first-order valence-corrected chi connectivity index (χ1v) is 30.8.